The second-order valence-electron chi connectivity index (χ2n) is 7.26. The van der Waals surface area contributed by atoms with Gasteiger partial charge in [-0.05, 0) is 49.2 Å². The van der Waals surface area contributed by atoms with Gasteiger partial charge in [-0.3, -0.25) is 9.40 Å². The van der Waals surface area contributed by atoms with Crippen LogP contribution in [-0.2, 0) is 16.6 Å². The number of aryl methyl sites for hydroxylation is 2. The van der Waals surface area contributed by atoms with Crippen LogP contribution in [-0.4, -0.2) is 18.2 Å². The third kappa shape index (κ3) is 3.76. The quantitative estimate of drug-likeness (QED) is 0.518. The molecule has 0 aliphatic heterocycles. The molecule has 0 fully saturated rings. The number of hydrogen-bond donors (Lipinski definition) is 1. The number of nitrogens with one attached hydrogen (secondary N) is 1. The van der Waals surface area contributed by atoms with E-state index in [1.54, 1.807) is 24.3 Å². The highest BCUT2D eigenvalue weighted by Gasteiger charge is 2.20. The molecule has 4 aromatic rings. The Morgan fingerprint density at radius 3 is 2.34 bits per heavy atom. The molecule has 1 aromatic heterocycles. The molecule has 0 spiro atoms. The van der Waals surface area contributed by atoms with Crippen molar-refractivity contribution in [1.82, 2.24) is 9.78 Å². The predicted octanol–water partition coefficient (Wildman–Crippen LogP) is 4.81. The van der Waals surface area contributed by atoms with Crippen LogP contribution in [0.1, 0.15) is 22.5 Å². The standard InChI is InChI=1S/C23H23N3O2S/c1-16-11-13-21(14-12-16)29(27,28)25-23-17(2)24-26(18(23)3)15-20-9-6-8-19-7-4-5-10-22(19)20/h4-14,25H,15H2,1-3H3. The van der Waals surface area contributed by atoms with Crippen LogP contribution in [0.15, 0.2) is 71.6 Å². The molecular formula is C23H23N3O2S. The zero-order chi connectivity index (χ0) is 20.6. The first kappa shape index (κ1) is 19.2. The van der Waals surface area contributed by atoms with E-state index in [4.69, 9.17) is 0 Å². The van der Waals surface area contributed by atoms with E-state index >= 15 is 0 Å². The van der Waals surface area contributed by atoms with Crippen LogP contribution in [0, 0.1) is 20.8 Å². The number of anilines is 1. The lowest BCUT2D eigenvalue weighted by Gasteiger charge is -2.10. The minimum Gasteiger partial charge on any atom is -0.276 e. The molecule has 0 aliphatic carbocycles. The van der Waals surface area contributed by atoms with Gasteiger partial charge in [0.15, 0.2) is 0 Å². The Morgan fingerprint density at radius 2 is 1.59 bits per heavy atom. The van der Waals surface area contributed by atoms with Crippen LogP contribution >= 0.6 is 0 Å². The number of aromatic nitrogens is 2. The first-order valence-electron chi connectivity index (χ1n) is 9.45. The summed E-state index contributed by atoms with van der Waals surface area (Å²) in [4.78, 5) is 0.240. The van der Waals surface area contributed by atoms with Crippen LogP contribution in [0.4, 0.5) is 5.69 Å². The zero-order valence-corrected chi connectivity index (χ0v) is 17.5. The Hall–Kier alpha value is -3.12. The summed E-state index contributed by atoms with van der Waals surface area (Å²) < 4.78 is 30.2. The molecule has 1 heterocycles. The van der Waals surface area contributed by atoms with Crippen molar-refractivity contribution < 1.29 is 8.42 Å². The highest BCUT2D eigenvalue weighted by molar-refractivity contribution is 7.92. The Bertz CT molecular complexity index is 1280. The molecule has 4 rings (SSSR count). The van der Waals surface area contributed by atoms with E-state index in [1.165, 1.54) is 10.8 Å². The molecule has 0 radical (unpaired) electrons. The first-order valence-corrected chi connectivity index (χ1v) is 10.9. The van der Waals surface area contributed by atoms with E-state index in [1.807, 2.05) is 43.7 Å². The van der Waals surface area contributed by atoms with Crippen LogP contribution in [0.2, 0.25) is 0 Å². The van der Waals surface area contributed by atoms with Crippen LogP contribution in [0.25, 0.3) is 10.8 Å². The van der Waals surface area contributed by atoms with Crippen LogP contribution < -0.4 is 4.72 Å². The molecule has 1 N–H and O–H groups in total. The first-order chi connectivity index (χ1) is 13.8. The average molecular weight is 406 g/mol. The van der Waals surface area contributed by atoms with Crippen molar-refractivity contribution in [2.75, 3.05) is 4.72 Å². The molecule has 0 saturated heterocycles. The zero-order valence-electron chi connectivity index (χ0n) is 16.7. The largest absolute Gasteiger partial charge is 0.276 e. The maximum atomic E-state index is 12.8. The van der Waals surface area contributed by atoms with Gasteiger partial charge in [-0.25, -0.2) is 8.42 Å². The average Bonchev–Trinajstić information content (AvgIpc) is 2.96. The van der Waals surface area contributed by atoms with Crippen molar-refractivity contribution >= 4 is 26.5 Å². The van der Waals surface area contributed by atoms with E-state index in [0.29, 0.717) is 17.9 Å². The molecule has 148 valence electrons. The number of nitrogens with zero attached hydrogens (tertiary/aromatic N) is 2. The molecule has 0 aliphatic rings. The fourth-order valence-corrected chi connectivity index (χ4v) is 4.68. The molecule has 6 heteroatoms. The van der Waals surface area contributed by atoms with Crippen molar-refractivity contribution in [3.05, 3.63) is 89.2 Å². The molecule has 29 heavy (non-hydrogen) atoms. The Morgan fingerprint density at radius 1 is 0.897 bits per heavy atom. The Kier molecular flexibility index (Phi) is 4.88. The van der Waals surface area contributed by atoms with Gasteiger partial charge in [0.2, 0.25) is 0 Å². The predicted molar refractivity (Wildman–Crippen MR) is 117 cm³/mol. The monoisotopic (exact) mass is 405 g/mol. The molecule has 0 amide bonds. The number of fused-ring (bicyclic) bond motifs is 1. The van der Waals surface area contributed by atoms with Crippen LogP contribution in [0.3, 0.4) is 0 Å². The van der Waals surface area contributed by atoms with E-state index < -0.39 is 10.0 Å². The van der Waals surface area contributed by atoms with E-state index in [-0.39, 0.29) is 4.90 Å². The van der Waals surface area contributed by atoms with Crippen molar-refractivity contribution in [2.24, 2.45) is 0 Å². The summed E-state index contributed by atoms with van der Waals surface area (Å²) >= 11 is 0. The Balaban J connectivity index is 1.67. The lowest BCUT2D eigenvalue weighted by Crippen LogP contribution is -2.14. The molecule has 0 bridgehead atoms. The van der Waals surface area contributed by atoms with Gasteiger partial charge in [0.1, 0.15) is 0 Å². The minimum absolute atomic E-state index is 0.240. The molecule has 0 unspecified atom stereocenters. The van der Waals surface area contributed by atoms with Gasteiger partial charge >= 0.3 is 0 Å². The summed E-state index contributed by atoms with van der Waals surface area (Å²) in [6.07, 6.45) is 0. The number of hydrogen-bond acceptors (Lipinski definition) is 3. The summed E-state index contributed by atoms with van der Waals surface area (Å²) in [7, 11) is -3.67. The molecule has 5 nitrogen and oxygen atoms in total. The topological polar surface area (TPSA) is 64.0 Å². The number of benzene rings is 3. The van der Waals surface area contributed by atoms with Gasteiger partial charge in [0, 0.05) is 0 Å². The van der Waals surface area contributed by atoms with Gasteiger partial charge in [-0.1, -0.05) is 60.2 Å². The van der Waals surface area contributed by atoms with Crippen molar-refractivity contribution in [3.63, 3.8) is 0 Å². The van der Waals surface area contributed by atoms with Crippen molar-refractivity contribution in [3.8, 4) is 0 Å². The highest BCUT2D eigenvalue weighted by Crippen LogP contribution is 2.26. The highest BCUT2D eigenvalue weighted by atomic mass is 32.2. The van der Waals surface area contributed by atoms with E-state index in [9.17, 15) is 8.42 Å². The minimum atomic E-state index is -3.67. The summed E-state index contributed by atoms with van der Waals surface area (Å²) in [5.41, 5.74) is 4.12. The van der Waals surface area contributed by atoms with Gasteiger partial charge in [-0.2, -0.15) is 5.10 Å². The molecular weight excluding hydrogens is 382 g/mol. The SMILES string of the molecule is Cc1ccc(S(=O)(=O)Nc2c(C)nn(Cc3cccc4ccccc34)c2C)cc1. The molecule has 3 aromatic carbocycles. The summed E-state index contributed by atoms with van der Waals surface area (Å²) in [5.74, 6) is 0. The van der Waals surface area contributed by atoms with Crippen molar-refractivity contribution in [2.45, 2.75) is 32.2 Å². The summed E-state index contributed by atoms with van der Waals surface area (Å²) in [6.45, 7) is 6.20. The third-order valence-corrected chi connectivity index (χ3v) is 6.51. The van der Waals surface area contributed by atoms with Gasteiger partial charge < -0.3 is 0 Å². The Labute approximate surface area is 171 Å². The fraction of sp³-hybridized carbons (Fsp3) is 0.174. The lowest BCUT2D eigenvalue weighted by molar-refractivity contribution is 0.601. The lowest BCUT2D eigenvalue weighted by atomic mass is 10.0. The normalized spacial score (nSPS) is 11.7. The van der Waals surface area contributed by atoms with Gasteiger partial charge in [-0.15, -0.1) is 0 Å². The number of sulfonamides is 1. The smallest absolute Gasteiger partial charge is 0.262 e. The fourth-order valence-electron chi connectivity index (χ4n) is 3.50. The second kappa shape index (κ2) is 7.37. The molecule has 0 saturated carbocycles. The van der Waals surface area contributed by atoms with E-state index in [2.05, 4.69) is 34.1 Å². The van der Waals surface area contributed by atoms with Gasteiger partial charge in [0.05, 0.1) is 28.5 Å². The second-order valence-corrected chi connectivity index (χ2v) is 8.94. The van der Waals surface area contributed by atoms with E-state index in [0.717, 1.165) is 16.8 Å². The molecule has 0 atom stereocenters. The maximum absolute atomic E-state index is 12.8. The maximum Gasteiger partial charge on any atom is 0.262 e. The summed E-state index contributed by atoms with van der Waals surface area (Å²) in [5, 5.41) is 6.94. The number of rotatable bonds is 5. The third-order valence-electron chi connectivity index (χ3n) is 5.15. The van der Waals surface area contributed by atoms with Crippen molar-refractivity contribution in [1.29, 1.82) is 0 Å². The van der Waals surface area contributed by atoms with Crippen LogP contribution in [0.5, 0.6) is 0 Å². The van der Waals surface area contributed by atoms with Gasteiger partial charge in [0.25, 0.3) is 10.0 Å². The summed E-state index contributed by atoms with van der Waals surface area (Å²) in [6, 6.07) is 21.2.